The first-order valence-corrected chi connectivity index (χ1v) is 14.6. The Labute approximate surface area is 242 Å². The molecule has 0 aliphatic carbocycles. The first-order valence-electron chi connectivity index (χ1n) is 14.2. The van der Waals surface area contributed by atoms with Gasteiger partial charge in [0.25, 0.3) is 0 Å². The third-order valence-electron chi connectivity index (χ3n) is 7.30. The molecule has 0 aromatic heterocycles. The summed E-state index contributed by atoms with van der Waals surface area (Å²) in [4.78, 5) is 4.67. The van der Waals surface area contributed by atoms with Crippen molar-refractivity contribution in [2.75, 3.05) is 83.9 Å². The fraction of sp³-hybridized carbons (Fsp3) is 0.394. The maximum Gasteiger partial charge on any atom is 0.0701 e. The molecule has 6 nitrogen and oxygen atoms in total. The Bertz CT molecular complexity index is 1280. The van der Waals surface area contributed by atoms with Crippen molar-refractivity contribution in [2.24, 2.45) is 0 Å². The fourth-order valence-corrected chi connectivity index (χ4v) is 5.38. The van der Waals surface area contributed by atoms with Gasteiger partial charge in [0.05, 0.1) is 52.9 Å². The van der Waals surface area contributed by atoms with E-state index >= 15 is 0 Å². The average molecular weight is 563 g/mol. The number of hydrogen-bond donors (Lipinski definition) is 0. The Morgan fingerprint density at radius 1 is 0.550 bits per heavy atom. The Hall–Kier alpha value is -2.71. The number of nitrogens with zero attached hydrogens (tertiary/aromatic N) is 2. The first-order chi connectivity index (χ1) is 19.8. The predicted molar refractivity (Wildman–Crippen MR) is 164 cm³/mol. The van der Waals surface area contributed by atoms with E-state index in [2.05, 4.69) is 70.5 Å². The largest absolute Gasteiger partial charge is 0.378 e. The third kappa shape index (κ3) is 8.16. The molecule has 0 bridgehead atoms. The molecule has 1 fully saturated rings. The average Bonchev–Trinajstić information content (AvgIpc) is 2.97. The third-order valence-corrected chi connectivity index (χ3v) is 7.53. The summed E-state index contributed by atoms with van der Waals surface area (Å²) < 4.78 is 23.8. The van der Waals surface area contributed by atoms with E-state index in [1.165, 1.54) is 27.1 Å². The van der Waals surface area contributed by atoms with Gasteiger partial charge in [-0.05, 0) is 51.4 Å². The Kier molecular flexibility index (Phi) is 11.0. The second-order valence-corrected chi connectivity index (χ2v) is 10.4. The van der Waals surface area contributed by atoms with Crippen LogP contribution in [0.15, 0.2) is 78.9 Å². The van der Waals surface area contributed by atoms with Gasteiger partial charge in [0.1, 0.15) is 0 Å². The van der Waals surface area contributed by atoms with Crippen molar-refractivity contribution in [3.05, 3.63) is 89.4 Å². The van der Waals surface area contributed by atoms with E-state index in [-0.39, 0.29) is 0 Å². The van der Waals surface area contributed by atoms with Crippen LogP contribution in [0.5, 0.6) is 0 Å². The zero-order chi connectivity index (χ0) is 27.4. The summed E-state index contributed by atoms with van der Waals surface area (Å²) in [5, 5.41) is 5.87. The lowest BCUT2D eigenvalue weighted by Crippen LogP contribution is -2.33. The van der Waals surface area contributed by atoms with Crippen LogP contribution in [-0.4, -0.2) is 83.9 Å². The van der Waals surface area contributed by atoms with Crippen molar-refractivity contribution < 1.29 is 18.9 Å². The zero-order valence-corrected chi connectivity index (χ0v) is 23.9. The SMILES string of the molecule is Clc1cccc(N2CCOCCOCCN(Cc3c4ccccc4cc4ccccc34)CCOCCOCC2)c1. The van der Waals surface area contributed by atoms with Crippen LogP contribution in [-0.2, 0) is 25.5 Å². The molecule has 7 heteroatoms. The summed E-state index contributed by atoms with van der Waals surface area (Å²) in [7, 11) is 0. The van der Waals surface area contributed by atoms with Crippen LogP contribution in [0.25, 0.3) is 21.5 Å². The number of ether oxygens (including phenoxy) is 4. The molecule has 0 saturated carbocycles. The van der Waals surface area contributed by atoms with Crippen LogP contribution in [0, 0.1) is 0 Å². The fourth-order valence-electron chi connectivity index (χ4n) is 5.20. The molecule has 0 radical (unpaired) electrons. The van der Waals surface area contributed by atoms with Gasteiger partial charge in [-0.2, -0.15) is 0 Å². The number of benzene rings is 4. The van der Waals surface area contributed by atoms with Crippen molar-refractivity contribution in [3.8, 4) is 0 Å². The molecule has 4 aromatic carbocycles. The molecule has 1 heterocycles. The Balaban J connectivity index is 1.21. The molecular formula is C33H39ClN2O4. The molecule has 1 aliphatic heterocycles. The highest BCUT2D eigenvalue weighted by atomic mass is 35.5. The molecular weight excluding hydrogens is 524 g/mol. The van der Waals surface area contributed by atoms with Crippen LogP contribution < -0.4 is 4.90 Å². The minimum atomic E-state index is 0.566. The van der Waals surface area contributed by atoms with E-state index in [0.717, 1.165) is 43.4 Å². The normalized spacial score (nSPS) is 18.0. The quantitative estimate of drug-likeness (QED) is 0.284. The van der Waals surface area contributed by atoms with Crippen LogP contribution in [0.3, 0.4) is 0 Å². The van der Waals surface area contributed by atoms with Gasteiger partial charge in [-0.25, -0.2) is 0 Å². The van der Waals surface area contributed by atoms with Crippen LogP contribution in [0.1, 0.15) is 5.56 Å². The summed E-state index contributed by atoms with van der Waals surface area (Å²) in [6.07, 6.45) is 0. The summed E-state index contributed by atoms with van der Waals surface area (Å²) in [6, 6.07) is 27.5. The molecule has 40 heavy (non-hydrogen) atoms. The van der Waals surface area contributed by atoms with E-state index < -0.39 is 0 Å². The molecule has 1 saturated heterocycles. The van der Waals surface area contributed by atoms with Crippen LogP contribution in [0.2, 0.25) is 5.02 Å². The van der Waals surface area contributed by atoms with Crippen molar-refractivity contribution in [2.45, 2.75) is 6.54 Å². The lowest BCUT2D eigenvalue weighted by atomic mass is 9.96. The maximum absolute atomic E-state index is 6.23. The molecule has 212 valence electrons. The van der Waals surface area contributed by atoms with E-state index in [4.69, 9.17) is 30.5 Å². The lowest BCUT2D eigenvalue weighted by molar-refractivity contribution is 0.0213. The van der Waals surface area contributed by atoms with Gasteiger partial charge in [0.15, 0.2) is 0 Å². The van der Waals surface area contributed by atoms with Gasteiger partial charge in [0, 0.05) is 43.4 Å². The summed E-state index contributed by atoms with van der Waals surface area (Å²) in [6.45, 7) is 8.77. The minimum absolute atomic E-state index is 0.566. The van der Waals surface area contributed by atoms with Crippen molar-refractivity contribution in [1.29, 1.82) is 0 Å². The number of halogens is 1. The van der Waals surface area contributed by atoms with Crippen LogP contribution >= 0.6 is 11.6 Å². The summed E-state index contributed by atoms with van der Waals surface area (Å²) >= 11 is 6.23. The van der Waals surface area contributed by atoms with Gasteiger partial charge in [-0.3, -0.25) is 4.90 Å². The molecule has 4 aromatic rings. The highest BCUT2D eigenvalue weighted by molar-refractivity contribution is 6.30. The highest BCUT2D eigenvalue weighted by Crippen LogP contribution is 2.29. The molecule has 0 amide bonds. The van der Waals surface area contributed by atoms with E-state index in [1.54, 1.807) is 0 Å². The second-order valence-electron chi connectivity index (χ2n) is 9.99. The molecule has 1 aliphatic rings. The van der Waals surface area contributed by atoms with Gasteiger partial charge < -0.3 is 23.8 Å². The topological polar surface area (TPSA) is 43.4 Å². The molecule has 0 atom stereocenters. The summed E-state index contributed by atoms with van der Waals surface area (Å²) in [5.74, 6) is 0. The van der Waals surface area contributed by atoms with E-state index in [9.17, 15) is 0 Å². The molecule has 5 rings (SSSR count). The van der Waals surface area contributed by atoms with Gasteiger partial charge in [-0.15, -0.1) is 0 Å². The van der Waals surface area contributed by atoms with Gasteiger partial charge >= 0.3 is 0 Å². The number of anilines is 1. The first kappa shape index (κ1) is 28.8. The number of fused-ring (bicyclic) bond motifs is 2. The monoisotopic (exact) mass is 562 g/mol. The second kappa shape index (κ2) is 15.3. The zero-order valence-electron chi connectivity index (χ0n) is 23.1. The van der Waals surface area contributed by atoms with Gasteiger partial charge in [-0.1, -0.05) is 66.2 Å². The predicted octanol–water partition coefficient (Wildman–Crippen LogP) is 6.04. The maximum atomic E-state index is 6.23. The van der Waals surface area contributed by atoms with Crippen LogP contribution in [0.4, 0.5) is 5.69 Å². The number of rotatable bonds is 3. The standard InChI is InChI=1S/C33H39ClN2O4/c34-29-8-5-9-30(25-29)36-14-18-39-22-20-37-16-12-35(13-17-38-21-23-40-19-15-36)26-33-31-10-3-1-6-27(31)24-28-7-2-4-11-32(28)33/h1-11,24-25H,12-23,26H2. The Morgan fingerprint density at radius 3 is 1.62 bits per heavy atom. The smallest absolute Gasteiger partial charge is 0.0701 e. The molecule has 0 unspecified atom stereocenters. The highest BCUT2D eigenvalue weighted by Gasteiger charge is 2.13. The van der Waals surface area contributed by atoms with Crippen molar-refractivity contribution >= 4 is 38.8 Å². The molecule has 0 N–H and O–H groups in total. The van der Waals surface area contributed by atoms with Gasteiger partial charge in [0.2, 0.25) is 0 Å². The van der Waals surface area contributed by atoms with E-state index in [0.29, 0.717) is 52.9 Å². The van der Waals surface area contributed by atoms with E-state index in [1.807, 2.05) is 18.2 Å². The van der Waals surface area contributed by atoms with Crippen molar-refractivity contribution in [1.82, 2.24) is 4.90 Å². The minimum Gasteiger partial charge on any atom is -0.378 e. The number of hydrogen-bond acceptors (Lipinski definition) is 6. The summed E-state index contributed by atoms with van der Waals surface area (Å²) in [5.41, 5.74) is 2.42. The Morgan fingerprint density at radius 2 is 1.07 bits per heavy atom. The lowest BCUT2D eigenvalue weighted by Gasteiger charge is -2.26. The van der Waals surface area contributed by atoms with Crippen molar-refractivity contribution in [3.63, 3.8) is 0 Å². The molecule has 0 spiro atoms.